The van der Waals surface area contributed by atoms with Crippen LogP contribution >= 0.6 is 0 Å². The van der Waals surface area contributed by atoms with Gasteiger partial charge < -0.3 is 0 Å². The predicted molar refractivity (Wildman–Crippen MR) is 80.1 cm³/mol. The molecule has 1 aromatic carbocycles. The van der Waals surface area contributed by atoms with E-state index in [0.29, 0.717) is 6.32 Å². The van der Waals surface area contributed by atoms with Crippen molar-refractivity contribution in [2.24, 2.45) is 7.05 Å². The number of benzene rings is 1. The van der Waals surface area contributed by atoms with Crippen molar-refractivity contribution in [2.45, 2.75) is 6.32 Å². The van der Waals surface area contributed by atoms with E-state index in [2.05, 4.69) is 10.1 Å². The van der Waals surface area contributed by atoms with E-state index in [9.17, 15) is 10.1 Å². The second-order valence-electron chi connectivity index (χ2n) is 4.67. The first-order chi connectivity index (χ1) is 10.1. The van der Waals surface area contributed by atoms with Crippen molar-refractivity contribution in [1.82, 2.24) is 14.8 Å². The van der Waals surface area contributed by atoms with Gasteiger partial charge in [-0.25, -0.2) is 4.98 Å². The molecule has 21 heavy (non-hydrogen) atoms. The summed E-state index contributed by atoms with van der Waals surface area (Å²) in [6.45, 7) is 0. The predicted octanol–water partition coefficient (Wildman–Crippen LogP) is 2.21. The highest BCUT2D eigenvalue weighted by molar-refractivity contribution is 6.08. The molecule has 7 heteroatoms. The zero-order valence-electron chi connectivity index (χ0n) is 11.4. The van der Waals surface area contributed by atoms with Crippen LogP contribution < -0.4 is 0 Å². The molecule has 0 spiro atoms. The standard InChI is InChI=1S/C14H11BN4O2/c1-18-14-13(8-16-18)12(6-10(7-15)17-14)9-2-4-11(5-3-9)19(20)21/h2-6,8H,7H2,1H3. The summed E-state index contributed by atoms with van der Waals surface area (Å²) in [6.07, 6.45) is 2.06. The van der Waals surface area contributed by atoms with Crippen LogP contribution in [0.5, 0.6) is 0 Å². The van der Waals surface area contributed by atoms with Crippen molar-refractivity contribution in [3.63, 3.8) is 0 Å². The quantitative estimate of drug-likeness (QED) is 0.418. The van der Waals surface area contributed by atoms with E-state index in [1.807, 2.05) is 13.1 Å². The van der Waals surface area contributed by atoms with Gasteiger partial charge in [-0.1, -0.05) is 0 Å². The number of hydrogen-bond donors (Lipinski definition) is 0. The van der Waals surface area contributed by atoms with Crippen LogP contribution in [0.3, 0.4) is 0 Å². The fraction of sp³-hybridized carbons (Fsp3) is 0.143. The Morgan fingerprint density at radius 3 is 2.67 bits per heavy atom. The summed E-state index contributed by atoms with van der Waals surface area (Å²) >= 11 is 0. The molecule has 2 heterocycles. The third kappa shape index (κ3) is 2.26. The molecule has 0 bridgehead atoms. The molecule has 0 saturated heterocycles. The fourth-order valence-electron chi connectivity index (χ4n) is 2.27. The fourth-order valence-corrected chi connectivity index (χ4v) is 2.27. The first kappa shape index (κ1) is 13.3. The van der Waals surface area contributed by atoms with Crippen LogP contribution in [0.25, 0.3) is 22.2 Å². The summed E-state index contributed by atoms with van der Waals surface area (Å²) in [5.41, 5.74) is 3.35. The van der Waals surface area contributed by atoms with E-state index in [1.165, 1.54) is 12.1 Å². The molecule has 0 aliphatic carbocycles. The lowest BCUT2D eigenvalue weighted by atomic mass is 9.96. The molecule has 0 N–H and O–H groups in total. The van der Waals surface area contributed by atoms with E-state index < -0.39 is 4.92 Å². The van der Waals surface area contributed by atoms with E-state index >= 15 is 0 Å². The molecule has 2 radical (unpaired) electrons. The van der Waals surface area contributed by atoms with Crippen LogP contribution in [0, 0.1) is 10.1 Å². The van der Waals surface area contributed by atoms with Gasteiger partial charge in [-0.3, -0.25) is 14.8 Å². The van der Waals surface area contributed by atoms with Gasteiger partial charge in [-0.05, 0) is 35.6 Å². The number of non-ortho nitro benzene ring substituents is 1. The lowest BCUT2D eigenvalue weighted by Gasteiger charge is -2.06. The maximum atomic E-state index is 10.7. The number of aryl methyl sites for hydroxylation is 1. The number of aromatic nitrogens is 3. The monoisotopic (exact) mass is 278 g/mol. The first-order valence-corrected chi connectivity index (χ1v) is 6.36. The molecule has 0 aliphatic heterocycles. The molecule has 0 saturated carbocycles. The lowest BCUT2D eigenvalue weighted by molar-refractivity contribution is -0.384. The largest absolute Gasteiger partial charge is 0.269 e. The third-order valence-corrected chi connectivity index (χ3v) is 3.36. The molecule has 3 aromatic rings. The van der Waals surface area contributed by atoms with Gasteiger partial charge in [0.2, 0.25) is 0 Å². The van der Waals surface area contributed by atoms with Gasteiger partial charge in [-0.15, -0.1) is 0 Å². The zero-order valence-corrected chi connectivity index (χ0v) is 11.4. The minimum absolute atomic E-state index is 0.0642. The highest BCUT2D eigenvalue weighted by Crippen LogP contribution is 2.29. The number of nitrogens with zero attached hydrogens (tertiary/aromatic N) is 4. The summed E-state index contributed by atoms with van der Waals surface area (Å²) < 4.78 is 1.68. The summed E-state index contributed by atoms with van der Waals surface area (Å²) in [4.78, 5) is 14.8. The molecular weight excluding hydrogens is 267 g/mol. The average molecular weight is 278 g/mol. The normalized spacial score (nSPS) is 10.9. The van der Waals surface area contributed by atoms with Crippen molar-refractivity contribution in [1.29, 1.82) is 0 Å². The molecule has 0 atom stereocenters. The number of rotatable bonds is 3. The van der Waals surface area contributed by atoms with Crippen molar-refractivity contribution in [3.8, 4) is 11.1 Å². The van der Waals surface area contributed by atoms with Gasteiger partial charge in [0.25, 0.3) is 5.69 Å². The smallest absolute Gasteiger partial charge is 0.258 e. The molecule has 102 valence electrons. The van der Waals surface area contributed by atoms with Gasteiger partial charge >= 0.3 is 0 Å². The van der Waals surface area contributed by atoms with Crippen LogP contribution in [0.2, 0.25) is 0 Å². The Morgan fingerprint density at radius 1 is 1.33 bits per heavy atom. The van der Waals surface area contributed by atoms with Crippen LogP contribution in [-0.4, -0.2) is 27.5 Å². The Morgan fingerprint density at radius 2 is 2.05 bits per heavy atom. The van der Waals surface area contributed by atoms with Gasteiger partial charge in [0.1, 0.15) is 0 Å². The van der Waals surface area contributed by atoms with Crippen LogP contribution in [0.4, 0.5) is 5.69 Å². The lowest BCUT2D eigenvalue weighted by Crippen LogP contribution is -1.97. The minimum atomic E-state index is -0.415. The number of nitro benzene ring substituents is 1. The van der Waals surface area contributed by atoms with E-state index in [0.717, 1.165) is 27.9 Å². The minimum Gasteiger partial charge on any atom is -0.258 e. The maximum Gasteiger partial charge on any atom is 0.269 e. The Balaban J connectivity index is 2.21. The van der Waals surface area contributed by atoms with E-state index in [-0.39, 0.29) is 5.69 Å². The molecule has 0 fully saturated rings. The zero-order chi connectivity index (χ0) is 15.0. The summed E-state index contributed by atoms with van der Waals surface area (Å²) in [7, 11) is 7.50. The molecule has 0 aliphatic rings. The Bertz CT molecular complexity index is 827. The van der Waals surface area contributed by atoms with Crippen LogP contribution in [-0.2, 0) is 13.4 Å². The topological polar surface area (TPSA) is 73.8 Å². The number of nitro groups is 1. The van der Waals surface area contributed by atoms with E-state index in [1.54, 1.807) is 23.0 Å². The molecular formula is C14H11BN4O2. The number of hydrogen-bond acceptors (Lipinski definition) is 4. The molecule has 0 unspecified atom stereocenters. The summed E-state index contributed by atoms with van der Waals surface area (Å²) in [5.74, 6) is 0. The highest BCUT2D eigenvalue weighted by Gasteiger charge is 2.12. The van der Waals surface area contributed by atoms with Crippen LogP contribution in [0.15, 0.2) is 36.5 Å². The van der Waals surface area contributed by atoms with Gasteiger partial charge in [-0.2, -0.15) is 5.10 Å². The van der Waals surface area contributed by atoms with Crippen LogP contribution in [0.1, 0.15) is 5.69 Å². The van der Waals surface area contributed by atoms with E-state index in [4.69, 9.17) is 7.85 Å². The van der Waals surface area contributed by atoms with Gasteiger partial charge in [0.15, 0.2) is 5.65 Å². The third-order valence-electron chi connectivity index (χ3n) is 3.36. The summed E-state index contributed by atoms with van der Waals surface area (Å²) in [6, 6.07) is 8.31. The molecule has 6 nitrogen and oxygen atoms in total. The van der Waals surface area contributed by atoms with Gasteiger partial charge in [0.05, 0.1) is 19.0 Å². The molecule has 0 amide bonds. The molecule has 2 aromatic heterocycles. The molecule has 3 rings (SSSR count). The van der Waals surface area contributed by atoms with Crippen molar-refractivity contribution in [2.75, 3.05) is 0 Å². The van der Waals surface area contributed by atoms with Crippen molar-refractivity contribution >= 4 is 24.6 Å². The Kier molecular flexibility index (Phi) is 3.17. The number of pyridine rings is 1. The summed E-state index contributed by atoms with van der Waals surface area (Å²) in [5, 5.41) is 15.8. The average Bonchev–Trinajstić information content (AvgIpc) is 2.88. The first-order valence-electron chi connectivity index (χ1n) is 6.36. The second-order valence-corrected chi connectivity index (χ2v) is 4.67. The Hall–Kier alpha value is -2.70. The van der Waals surface area contributed by atoms with Gasteiger partial charge in [0, 0.05) is 30.3 Å². The van der Waals surface area contributed by atoms with Crippen molar-refractivity contribution < 1.29 is 4.92 Å². The van der Waals surface area contributed by atoms with Crippen molar-refractivity contribution in [3.05, 3.63) is 52.3 Å². The maximum absolute atomic E-state index is 10.7. The SMILES string of the molecule is [B]Cc1cc(-c2ccc([N+](=O)[O-])cc2)c2cnn(C)c2n1. The highest BCUT2D eigenvalue weighted by atomic mass is 16.6. The number of fused-ring (bicyclic) bond motifs is 1. The Labute approximate surface area is 122 Å². The second kappa shape index (κ2) is 5.01.